The highest BCUT2D eigenvalue weighted by Gasteiger charge is 2.16. The fourth-order valence-electron chi connectivity index (χ4n) is 2.26. The summed E-state index contributed by atoms with van der Waals surface area (Å²) in [5.41, 5.74) is 1.24. The highest BCUT2D eigenvalue weighted by atomic mass is 16.5. The second-order valence-corrected chi connectivity index (χ2v) is 5.44. The maximum Gasteiger partial charge on any atom is 0.124 e. The molecule has 0 aliphatic rings. The summed E-state index contributed by atoms with van der Waals surface area (Å²) in [6.07, 6.45) is 2.55. The molecule has 0 bridgehead atoms. The lowest BCUT2D eigenvalue weighted by Gasteiger charge is -2.23. The topological polar surface area (TPSA) is 30.5 Å². The Morgan fingerprint density at radius 3 is 2.40 bits per heavy atom. The second kappa shape index (κ2) is 8.98. The van der Waals surface area contributed by atoms with Gasteiger partial charge >= 0.3 is 0 Å². The average Bonchev–Trinajstić information content (AvgIpc) is 2.43. The SMILES string of the molecule is CCNC(CCC(C)OC)c1ccccc1OC(C)C. The summed E-state index contributed by atoms with van der Waals surface area (Å²) in [5.74, 6) is 0.985. The van der Waals surface area contributed by atoms with Crippen molar-refractivity contribution >= 4 is 0 Å². The van der Waals surface area contributed by atoms with Gasteiger partial charge in [0.2, 0.25) is 0 Å². The number of rotatable bonds is 9. The van der Waals surface area contributed by atoms with Gasteiger partial charge in [-0.3, -0.25) is 0 Å². The summed E-state index contributed by atoms with van der Waals surface area (Å²) in [4.78, 5) is 0. The molecule has 0 saturated carbocycles. The van der Waals surface area contributed by atoms with Crippen LogP contribution in [0.3, 0.4) is 0 Å². The molecule has 0 aromatic heterocycles. The Morgan fingerprint density at radius 1 is 1.10 bits per heavy atom. The van der Waals surface area contributed by atoms with Gasteiger partial charge in [0.25, 0.3) is 0 Å². The summed E-state index contributed by atoms with van der Waals surface area (Å²) >= 11 is 0. The molecule has 1 N–H and O–H groups in total. The van der Waals surface area contributed by atoms with Crippen molar-refractivity contribution in [2.75, 3.05) is 13.7 Å². The lowest BCUT2D eigenvalue weighted by atomic mass is 9.99. The molecule has 0 heterocycles. The van der Waals surface area contributed by atoms with Crippen LogP contribution < -0.4 is 10.1 Å². The van der Waals surface area contributed by atoms with Gasteiger partial charge in [-0.05, 0) is 46.2 Å². The van der Waals surface area contributed by atoms with Crippen molar-refractivity contribution in [1.29, 1.82) is 0 Å². The molecular formula is C17H29NO2. The molecular weight excluding hydrogens is 250 g/mol. The summed E-state index contributed by atoms with van der Waals surface area (Å²) in [7, 11) is 1.77. The number of para-hydroxylation sites is 1. The van der Waals surface area contributed by atoms with Gasteiger partial charge < -0.3 is 14.8 Å². The van der Waals surface area contributed by atoms with E-state index in [-0.39, 0.29) is 12.2 Å². The van der Waals surface area contributed by atoms with E-state index in [2.05, 4.69) is 51.2 Å². The molecule has 0 amide bonds. The Balaban J connectivity index is 2.84. The van der Waals surface area contributed by atoms with Gasteiger partial charge in [0, 0.05) is 18.7 Å². The molecule has 0 fully saturated rings. The van der Waals surface area contributed by atoms with Crippen molar-refractivity contribution in [1.82, 2.24) is 5.32 Å². The number of methoxy groups -OCH3 is 1. The minimum Gasteiger partial charge on any atom is -0.491 e. The molecule has 0 aliphatic carbocycles. The second-order valence-electron chi connectivity index (χ2n) is 5.44. The lowest BCUT2D eigenvalue weighted by Crippen LogP contribution is -2.23. The van der Waals surface area contributed by atoms with Crippen molar-refractivity contribution < 1.29 is 9.47 Å². The van der Waals surface area contributed by atoms with Crippen LogP contribution in [0, 0.1) is 0 Å². The monoisotopic (exact) mass is 279 g/mol. The maximum atomic E-state index is 5.93. The molecule has 1 aromatic rings. The molecule has 2 atom stereocenters. The summed E-state index contributed by atoms with van der Waals surface area (Å²) in [6, 6.07) is 8.63. The van der Waals surface area contributed by atoms with Gasteiger partial charge in [-0.15, -0.1) is 0 Å². The molecule has 2 unspecified atom stereocenters. The molecule has 0 saturated heterocycles. The third kappa shape index (κ3) is 5.51. The highest BCUT2D eigenvalue weighted by Crippen LogP contribution is 2.29. The van der Waals surface area contributed by atoms with Gasteiger partial charge in [-0.2, -0.15) is 0 Å². The normalized spacial score (nSPS) is 14.3. The highest BCUT2D eigenvalue weighted by molar-refractivity contribution is 5.36. The Bertz CT molecular complexity index is 379. The first-order chi connectivity index (χ1) is 9.58. The van der Waals surface area contributed by atoms with Crippen molar-refractivity contribution in [2.45, 2.75) is 58.8 Å². The number of benzene rings is 1. The van der Waals surface area contributed by atoms with Crippen LogP contribution in [-0.4, -0.2) is 25.9 Å². The quantitative estimate of drug-likeness (QED) is 0.742. The Hall–Kier alpha value is -1.06. The predicted octanol–water partition coefficient (Wildman–Crippen LogP) is 3.94. The van der Waals surface area contributed by atoms with Crippen LogP contribution in [0.1, 0.15) is 52.1 Å². The average molecular weight is 279 g/mol. The maximum absolute atomic E-state index is 5.93. The van der Waals surface area contributed by atoms with E-state index in [9.17, 15) is 0 Å². The zero-order valence-corrected chi connectivity index (χ0v) is 13.5. The first-order valence-electron chi connectivity index (χ1n) is 7.60. The van der Waals surface area contributed by atoms with Crippen LogP contribution in [-0.2, 0) is 4.74 Å². The molecule has 3 nitrogen and oxygen atoms in total. The van der Waals surface area contributed by atoms with Gasteiger partial charge in [-0.1, -0.05) is 25.1 Å². The third-order valence-electron chi connectivity index (χ3n) is 3.37. The van der Waals surface area contributed by atoms with Crippen LogP contribution >= 0.6 is 0 Å². The molecule has 3 heteroatoms. The summed E-state index contributed by atoms with van der Waals surface area (Å²) < 4.78 is 11.3. The minimum absolute atomic E-state index is 0.191. The molecule has 0 radical (unpaired) electrons. The fourth-order valence-corrected chi connectivity index (χ4v) is 2.26. The molecule has 1 rings (SSSR count). The first-order valence-corrected chi connectivity index (χ1v) is 7.60. The van der Waals surface area contributed by atoms with E-state index in [0.29, 0.717) is 6.04 Å². The van der Waals surface area contributed by atoms with Gasteiger partial charge in [0.05, 0.1) is 12.2 Å². The van der Waals surface area contributed by atoms with Crippen molar-refractivity contribution in [3.8, 4) is 5.75 Å². The largest absolute Gasteiger partial charge is 0.491 e. The summed E-state index contributed by atoms with van der Waals surface area (Å²) in [6.45, 7) is 9.32. The van der Waals surface area contributed by atoms with Crippen LogP contribution in [0.25, 0.3) is 0 Å². The van der Waals surface area contributed by atoms with E-state index < -0.39 is 0 Å². The van der Waals surface area contributed by atoms with Crippen LogP contribution in [0.2, 0.25) is 0 Å². The minimum atomic E-state index is 0.191. The Labute approximate surface area is 123 Å². The zero-order valence-electron chi connectivity index (χ0n) is 13.5. The molecule has 1 aromatic carbocycles. The van der Waals surface area contributed by atoms with E-state index in [0.717, 1.165) is 25.1 Å². The number of ether oxygens (including phenoxy) is 2. The van der Waals surface area contributed by atoms with Gasteiger partial charge in [-0.25, -0.2) is 0 Å². The lowest BCUT2D eigenvalue weighted by molar-refractivity contribution is 0.106. The van der Waals surface area contributed by atoms with E-state index in [1.54, 1.807) is 7.11 Å². The smallest absolute Gasteiger partial charge is 0.124 e. The van der Waals surface area contributed by atoms with Gasteiger partial charge in [0.15, 0.2) is 0 Å². The Kier molecular flexibility index (Phi) is 7.63. The van der Waals surface area contributed by atoms with Crippen LogP contribution in [0.4, 0.5) is 0 Å². The molecule has 20 heavy (non-hydrogen) atoms. The van der Waals surface area contributed by atoms with E-state index in [1.807, 2.05) is 6.07 Å². The molecule has 0 spiro atoms. The van der Waals surface area contributed by atoms with Crippen molar-refractivity contribution in [2.24, 2.45) is 0 Å². The number of nitrogens with one attached hydrogen (secondary N) is 1. The van der Waals surface area contributed by atoms with E-state index in [1.165, 1.54) is 5.56 Å². The fraction of sp³-hybridized carbons (Fsp3) is 0.647. The standard InChI is InChI=1S/C17H29NO2/c1-6-18-16(12-11-14(4)19-5)15-9-7-8-10-17(15)20-13(2)3/h7-10,13-14,16,18H,6,11-12H2,1-5H3. The zero-order chi connectivity index (χ0) is 15.0. The first kappa shape index (κ1) is 17.0. The van der Waals surface area contributed by atoms with Crippen molar-refractivity contribution in [3.05, 3.63) is 29.8 Å². The van der Waals surface area contributed by atoms with Crippen molar-refractivity contribution in [3.63, 3.8) is 0 Å². The van der Waals surface area contributed by atoms with Gasteiger partial charge in [0.1, 0.15) is 5.75 Å². The van der Waals surface area contributed by atoms with Crippen LogP contribution in [0.15, 0.2) is 24.3 Å². The number of hydrogen-bond acceptors (Lipinski definition) is 3. The van der Waals surface area contributed by atoms with Crippen LogP contribution in [0.5, 0.6) is 5.75 Å². The third-order valence-corrected chi connectivity index (χ3v) is 3.37. The van der Waals surface area contributed by atoms with E-state index in [4.69, 9.17) is 9.47 Å². The number of hydrogen-bond donors (Lipinski definition) is 1. The Morgan fingerprint density at radius 2 is 1.80 bits per heavy atom. The van der Waals surface area contributed by atoms with E-state index >= 15 is 0 Å². The molecule has 0 aliphatic heterocycles. The summed E-state index contributed by atoms with van der Waals surface area (Å²) in [5, 5.41) is 3.56. The predicted molar refractivity (Wildman–Crippen MR) is 84.3 cm³/mol. The molecule has 114 valence electrons.